The Bertz CT molecular complexity index is 244. The summed E-state index contributed by atoms with van der Waals surface area (Å²) in [6.45, 7) is 0. The van der Waals surface area contributed by atoms with Crippen molar-refractivity contribution < 1.29 is 21.9 Å². The SMILES string of the molecule is CN(C)[n+]1ccccc1.F[B-](F)(F)F. The van der Waals surface area contributed by atoms with Crippen molar-refractivity contribution in [2.75, 3.05) is 19.1 Å². The standard InChI is InChI=1S/C7H11N2.BF4/c1-8(2)9-6-4-3-5-7-9;2-1(3,4)5/h3-7H,1-2H3;/q+1;-1. The average Bonchev–Trinajstić information content (AvgIpc) is 2.03. The summed E-state index contributed by atoms with van der Waals surface area (Å²) in [5, 5.41) is 2.00. The number of aromatic nitrogens is 1. The Labute approximate surface area is 79.8 Å². The van der Waals surface area contributed by atoms with Gasteiger partial charge < -0.3 is 17.3 Å². The quantitative estimate of drug-likeness (QED) is 0.386. The maximum absolute atomic E-state index is 9.75. The second-order valence-electron chi connectivity index (χ2n) is 2.60. The summed E-state index contributed by atoms with van der Waals surface area (Å²) in [6, 6.07) is 6.00. The lowest BCUT2D eigenvalue weighted by molar-refractivity contribution is -0.687. The topological polar surface area (TPSA) is 7.12 Å². The molecule has 0 saturated carbocycles. The lowest BCUT2D eigenvalue weighted by Gasteiger charge is -2.02. The summed E-state index contributed by atoms with van der Waals surface area (Å²) in [7, 11) is -2.00. The van der Waals surface area contributed by atoms with E-state index in [2.05, 4.69) is 0 Å². The largest absolute Gasteiger partial charge is 0.673 e. The third kappa shape index (κ3) is 8.83. The molecule has 1 aromatic rings. The third-order valence-electron chi connectivity index (χ3n) is 1.16. The van der Waals surface area contributed by atoms with Crippen molar-refractivity contribution in [3.05, 3.63) is 30.6 Å². The third-order valence-corrected chi connectivity index (χ3v) is 1.16. The van der Waals surface area contributed by atoms with Crippen LogP contribution in [0.15, 0.2) is 30.6 Å². The molecule has 0 N–H and O–H groups in total. The molecule has 0 atom stereocenters. The predicted octanol–water partition coefficient (Wildman–Crippen LogP) is 1.47. The van der Waals surface area contributed by atoms with E-state index in [0.717, 1.165) is 0 Å². The minimum absolute atomic E-state index is 2.00. The summed E-state index contributed by atoms with van der Waals surface area (Å²) in [5.74, 6) is 0. The molecule has 0 bridgehead atoms. The van der Waals surface area contributed by atoms with Crippen LogP contribution in [0.4, 0.5) is 17.3 Å². The van der Waals surface area contributed by atoms with Gasteiger partial charge in [0.2, 0.25) is 0 Å². The highest BCUT2D eigenvalue weighted by Gasteiger charge is 2.20. The zero-order chi connectivity index (χ0) is 11.2. The zero-order valence-corrected chi connectivity index (χ0v) is 7.87. The van der Waals surface area contributed by atoms with Gasteiger partial charge >= 0.3 is 7.25 Å². The van der Waals surface area contributed by atoms with Gasteiger partial charge in [-0.1, -0.05) is 10.7 Å². The second-order valence-corrected chi connectivity index (χ2v) is 2.60. The van der Waals surface area contributed by atoms with Crippen LogP contribution in [0.25, 0.3) is 0 Å². The first-order valence-corrected chi connectivity index (χ1v) is 3.82. The highest BCUT2D eigenvalue weighted by atomic mass is 19.5. The Morgan fingerprint density at radius 1 is 0.929 bits per heavy atom. The first kappa shape index (κ1) is 12.7. The van der Waals surface area contributed by atoms with E-state index in [9.17, 15) is 17.3 Å². The molecule has 0 aliphatic carbocycles. The molecule has 14 heavy (non-hydrogen) atoms. The van der Waals surface area contributed by atoms with Crippen LogP contribution < -0.4 is 9.69 Å². The molecule has 0 aromatic carbocycles. The van der Waals surface area contributed by atoms with E-state index in [-0.39, 0.29) is 0 Å². The van der Waals surface area contributed by atoms with Crippen LogP contribution in [-0.2, 0) is 0 Å². The Morgan fingerprint density at radius 3 is 1.50 bits per heavy atom. The molecule has 0 spiro atoms. The summed E-state index contributed by atoms with van der Waals surface area (Å²) in [5.41, 5.74) is 0. The van der Waals surface area contributed by atoms with Crippen LogP contribution in [0.5, 0.6) is 0 Å². The minimum atomic E-state index is -6.00. The molecule has 1 aromatic heterocycles. The number of hydrogen-bond donors (Lipinski definition) is 0. The Balaban J connectivity index is 0.000000292. The van der Waals surface area contributed by atoms with Crippen LogP contribution in [0, 0.1) is 0 Å². The summed E-state index contributed by atoms with van der Waals surface area (Å²) in [6.07, 6.45) is 4.00. The fourth-order valence-corrected chi connectivity index (χ4v) is 0.656. The average molecular weight is 210 g/mol. The monoisotopic (exact) mass is 210 g/mol. The van der Waals surface area contributed by atoms with Gasteiger partial charge in [0.15, 0.2) is 12.4 Å². The van der Waals surface area contributed by atoms with Gasteiger partial charge in [-0.15, -0.1) is 0 Å². The zero-order valence-electron chi connectivity index (χ0n) is 7.87. The Kier molecular flexibility index (Phi) is 4.97. The maximum atomic E-state index is 9.75. The lowest BCUT2D eigenvalue weighted by Crippen LogP contribution is -2.51. The number of nitrogens with zero attached hydrogens (tertiary/aromatic N) is 2. The van der Waals surface area contributed by atoms with E-state index >= 15 is 0 Å². The van der Waals surface area contributed by atoms with Crippen molar-refractivity contribution in [1.82, 2.24) is 0 Å². The summed E-state index contributed by atoms with van der Waals surface area (Å²) >= 11 is 0. The highest BCUT2D eigenvalue weighted by molar-refractivity contribution is 6.50. The van der Waals surface area contributed by atoms with E-state index in [0.29, 0.717) is 0 Å². The van der Waals surface area contributed by atoms with E-state index < -0.39 is 7.25 Å². The minimum Gasteiger partial charge on any atom is -0.418 e. The first-order valence-electron chi connectivity index (χ1n) is 3.82. The highest BCUT2D eigenvalue weighted by Crippen LogP contribution is 2.06. The number of rotatable bonds is 1. The molecule has 0 unspecified atom stereocenters. The normalized spacial score (nSPS) is 10.1. The van der Waals surface area contributed by atoms with Gasteiger partial charge in [-0.25, -0.2) is 0 Å². The molecule has 0 saturated heterocycles. The van der Waals surface area contributed by atoms with Gasteiger partial charge in [0, 0.05) is 12.1 Å². The van der Waals surface area contributed by atoms with Gasteiger partial charge in [-0.3, -0.25) is 0 Å². The first-order chi connectivity index (χ1) is 6.30. The van der Waals surface area contributed by atoms with Gasteiger partial charge in [0.1, 0.15) is 0 Å². The molecule has 1 rings (SSSR count). The van der Waals surface area contributed by atoms with Crippen molar-refractivity contribution in [3.63, 3.8) is 0 Å². The van der Waals surface area contributed by atoms with Crippen molar-refractivity contribution in [2.24, 2.45) is 0 Å². The molecule has 0 aliphatic rings. The van der Waals surface area contributed by atoms with Crippen LogP contribution in [0.3, 0.4) is 0 Å². The van der Waals surface area contributed by atoms with Crippen molar-refractivity contribution in [1.29, 1.82) is 0 Å². The summed E-state index contributed by atoms with van der Waals surface area (Å²) in [4.78, 5) is 0. The molecule has 80 valence electrons. The fraction of sp³-hybridized carbons (Fsp3) is 0.286. The van der Waals surface area contributed by atoms with E-state index in [4.69, 9.17) is 0 Å². The molecule has 2 nitrogen and oxygen atoms in total. The van der Waals surface area contributed by atoms with Crippen LogP contribution in [0.2, 0.25) is 0 Å². The molecule has 0 radical (unpaired) electrons. The fourth-order valence-electron chi connectivity index (χ4n) is 0.656. The molecule has 7 heteroatoms. The van der Waals surface area contributed by atoms with Gasteiger partial charge in [-0.2, -0.15) is 5.01 Å². The molecule has 0 fully saturated rings. The number of pyridine rings is 1. The van der Waals surface area contributed by atoms with E-state index in [1.54, 1.807) is 0 Å². The number of hydrogen-bond acceptors (Lipinski definition) is 1. The van der Waals surface area contributed by atoms with Crippen molar-refractivity contribution >= 4 is 7.25 Å². The molecule has 0 amide bonds. The maximum Gasteiger partial charge on any atom is 0.673 e. The summed E-state index contributed by atoms with van der Waals surface area (Å²) < 4.78 is 41.0. The van der Waals surface area contributed by atoms with Crippen LogP contribution in [0.1, 0.15) is 0 Å². The molecule has 1 heterocycles. The Hall–Kier alpha value is -1.27. The van der Waals surface area contributed by atoms with E-state index in [1.165, 1.54) is 0 Å². The van der Waals surface area contributed by atoms with Crippen LogP contribution >= 0.6 is 0 Å². The van der Waals surface area contributed by atoms with Crippen molar-refractivity contribution in [2.45, 2.75) is 0 Å². The smallest absolute Gasteiger partial charge is 0.418 e. The van der Waals surface area contributed by atoms with Gasteiger partial charge in [-0.05, 0) is 0 Å². The molecular weight excluding hydrogens is 199 g/mol. The van der Waals surface area contributed by atoms with Crippen molar-refractivity contribution in [3.8, 4) is 0 Å². The predicted molar refractivity (Wildman–Crippen MR) is 46.9 cm³/mol. The molecule has 0 aliphatic heterocycles. The van der Waals surface area contributed by atoms with Gasteiger partial charge in [0.25, 0.3) is 0 Å². The van der Waals surface area contributed by atoms with Gasteiger partial charge in [0.05, 0.1) is 14.1 Å². The van der Waals surface area contributed by atoms with Crippen LogP contribution in [-0.4, -0.2) is 21.3 Å². The Morgan fingerprint density at radius 2 is 1.29 bits per heavy atom. The van der Waals surface area contributed by atoms with E-state index in [1.807, 2.05) is 54.4 Å². The second kappa shape index (κ2) is 5.46. The molecular formula is C7H11BF4N2. The number of halogens is 4. The lowest BCUT2D eigenvalue weighted by atomic mass is 10.3.